The average Bonchev–Trinajstić information content (AvgIpc) is 3.93. The first kappa shape index (κ1) is 59.3. The molecule has 1 spiro atoms. The molecular weight excluding hydrogens is 1020 g/mol. The van der Waals surface area contributed by atoms with E-state index < -0.39 is 163 Å². The Balaban J connectivity index is 0.885. The van der Waals surface area contributed by atoms with Gasteiger partial charge in [-0.25, -0.2) is 0 Å². The van der Waals surface area contributed by atoms with Crippen LogP contribution in [0.3, 0.4) is 0 Å². The van der Waals surface area contributed by atoms with E-state index in [0.29, 0.717) is 51.4 Å². The van der Waals surface area contributed by atoms with Crippen LogP contribution in [-0.2, 0) is 66.5 Å². The topological polar surface area (TPSA) is 335 Å². The van der Waals surface area contributed by atoms with E-state index in [9.17, 15) is 60.3 Å². The molecule has 9 N–H and O–H groups in total. The number of hydrogen-bond acceptors (Lipinski definition) is 23. The molecule has 438 valence electrons. The number of aliphatic hydroxyl groups is 9. The van der Waals surface area contributed by atoms with Gasteiger partial charge in [-0.15, -0.1) is 0 Å². The zero-order valence-electron chi connectivity index (χ0n) is 45.6. The molecule has 27 unspecified atom stereocenters. The molecule has 23 heteroatoms. The Hall–Kier alpha value is -2.37. The predicted molar refractivity (Wildman–Crippen MR) is 261 cm³/mol. The molecule has 0 aromatic rings. The van der Waals surface area contributed by atoms with E-state index in [4.69, 9.17) is 52.1 Å². The highest BCUT2D eigenvalue weighted by atomic mass is 16.8. The molecule has 9 aliphatic rings. The number of ketones is 1. The van der Waals surface area contributed by atoms with E-state index in [1.54, 1.807) is 6.92 Å². The van der Waals surface area contributed by atoms with Crippen molar-refractivity contribution in [2.45, 2.75) is 242 Å². The number of hydrogen-bond donors (Lipinski definition) is 9. The van der Waals surface area contributed by atoms with Crippen LogP contribution in [0.2, 0.25) is 0 Å². The maximum Gasteiger partial charge on any atom is 0.314 e. The summed E-state index contributed by atoms with van der Waals surface area (Å²) in [6.07, 6.45) is -21.0. The molecule has 0 aromatic heterocycles. The van der Waals surface area contributed by atoms with Crippen LogP contribution in [0.4, 0.5) is 0 Å². The van der Waals surface area contributed by atoms with Crippen molar-refractivity contribution < 1.29 is 112 Å². The largest absolute Gasteiger partial charge is 0.462 e. The predicted octanol–water partition coefficient (Wildman–Crippen LogP) is -0.194. The number of esters is 2. The Morgan fingerprint density at radius 3 is 2.05 bits per heavy atom. The molecule has 0 amide bonds. The lowest BCUT2D eigenvalue weighted by molar-refractivity contribution is -0.387. The van der Waals surface area contributed by atoms with E-state index in [2.05, 4.69) is 33.8 Å². The number of aliphatic hydroxyl groups excluding tert-OH is 9. The second-order valence-corrected chi connectivity index (χ2v) is 24.8. The zero-order chi connectivity index (χ0) is 56.1. The third-order valence-electron chi connectivity index (χ3n) is 19.9. The lowest BCUT2D eigenvalue weighted by Gasteiger charge is -2.63. The fraction of sp³-hybridized carbons (Fsp3) is 0.907. The van der Waals surface area contributed by atoms with Gasteiger partial charge in [0.25, 0.3) is 0 Å². The SMILES string of the molecule is COC1C(O)COC(OC2C(O)C(CO)OC(OC3C(C)OC(OC4C(OC5CCC6(C)C7CCC89C(=O)OC(C)(CCCC(C)=O)C8C(OC(C)=O)CC9(C)C7=CCC6C5(C)C)OCC(O)C4O)C(O)C3O)C2O)C1O. The summed E-state index contributed by atoms with van der Waals surface area (Å²) in [4.78, 5) is 39.3. The van der Waals surface area contributed by atoms with Crippen LogP contribution in [0.25, 0.3) is 0 Å². The van der Waals surface area contributed by atoms with Crippen molar-refractivity contribution in [3.8, 4) is 0 Å². The maximum atomic E-state index is 14.6. The van der Waals surface area contributed by atoms with Crippen LogP contribution in [-0.4, -0.2) is 219 Å². The van der Waals surface area contributed by atoms with E-state index in [0.717, 1.165) is 6.42 Å². The number of methoxy groups -OCH3 is 1. The molecule has 5 saturated heterocycles. The lowest BCUT2D eigenvalue weighted by atomic mass is 9.41. The number of allylic oxidation sites excluding steroid dienone is 2. The van der Waals surface area contributed by atoms with Crippen LogP contribution in [0.1, 0.15) is 113 Å². The van der Waals surface area contributed by atoms with E-state index in [1.165, 1.54) is 26.5 Å². The molecule has 77 heavy (non-hydrogen) atoms. The van der Waals surface area contributed by atoms with Crippen molar-refractivity contribution in [2.75, 3.05) is 26.9 Å². The van der Waals surface area contributed by atoms with E-state index >= 15 is 0 Å². The van der Waals surface area contributed by atoms with Gasteiger partial charge in [-0.1, -0.05) is 39.3 Å². The van der Waals surface area contributed by atoms with Crippen LogP contribution >= 0.6 is 0 Å². The highest BCUT2D eigenvalue weighted by Gasteiger charge is 2.79. The fourth-order valence-corrected chi connectivity index (χ4v) is 16.1. The molecule has 27 atom stereocenters. The molecule has 9 rings (SSSR count). The highest BCUT2D eigenvalue weighted by Crippen LogP contribution is 2.76. The first-order chi connectivity index (χ1) is 36.2. The number of cyclic esters (lactones) is 1. The van der Waals surface area contributed by atoms with Gasteiger partial charge in [0.1, 0.15) is 96.8 Å². The summed E-state index contributed by atoms with van der Waals surface area (Å²) in [5.41, 5.74) is -2.12. The van der Waals surface area contributed by atoms with Gasteiger partial charge in [-0.2, -0.15) is 0 Å². The second-order valence-electron chi connectivity index (χ2n) is 24.8. The third kappa shape index (κ3) is 9.97. The van der Waals surface area contributed by atoms with Gasteiger partial charge in [-0.05, 0) is 94.8 Å². The van der Waals surface area contributed by atoms with Crippen LogP contribution in [0, 0.1) is 39.4 Å². The molecule has 0 aromatic carbocycles. The fourth-order valence-electron chi connectivity index (χ4n) is 16.1. The van der Waals surface area contributed by atoms with E-state index in [1.807, 2.05) is 6.92 Å². The molecule has 5 aliphatic heterocycles. The van der Waals surface area contributed by atoms with Crippen molar-refractivity contribution in [2.24, 2.45) is 39.4 Å². The average molecular weight is 1100 g/mol. The standard InChI is InChI=1S/C54H84O23/c1-23(56)11-10-16-53(8)44-30(71-25(3)57)19-52(7)27-12-13-32-50(4,5)33(15-17-51(32,6)26(27)14-18-54(44,52)49(66)77-53)73-48-43(34(60)28(58)21-69-48)76-46-37(63)36(62)40(24(2)70-46)74-47-39(65)42(35(61)31(20-55)72-47)75-45-38(64)41(67-9)29(59)22-68-45/h12,24,26,28-48,55,58-65H,10-11,13-22H2,1-9H3. The minimum Gasteiger partial charge on any atom is -0.462 e. The quantitative estimate of drug-likeness (QED) is 0.0758. The Morgan fingerprint density at radius 2 is 1.38 bits per heavy atom. The van der Waals surface area contributed by atoms with Gasteiger partial charge in [-0.3, -0.25) is 9.59 Å². The van der Waals surface area contributed by atoms with Crippen molar-refractivity contribution >= 4 is 17.7 Å². The molecule has 23 nitrogen and oxygen atoms in total. The third-order valence-corrected chi connectivity index (χ3v) is 19.9. The zero-order valence-corrected chi connectivity index (χ0v) is 45.6. The lowest BCUT2D eigenvalue weighted by Crippen LogP contribution is -2.66. The summed E-state index contributed by atoms with van der Waals surface area (Å²) in [6, 6.07) is 0. The smallest absolute Gasteiger partial charge is 0.314 e. The van der Waals surface area contributed by atoms with Gasteiger partial charge in [0, 0.05) is 25.9 Å². The minimum atomic E-state index is -1.88. The first-order valence-corrected chi connectivity index (χ1v) is 27.5. The number of carbonyl (C=O) groups is 3. The summed E-state index contributed by atoms with van der Waals surface area (Å²) in [7, 11) is 1.26. The van der Waals surface area contributed by atoms with Crippen molar-refractivity contribution in [1.29, 1.82) is 0 Å². The molecule has 4 aliphatic carbocycles. The van der Waals surface area contributed by atoms with Gasteiger partial charge >= 0.3 is 11.9 Å². The summed E-state index contributed by atoms with van der Waals surface area (Å²) < 4.78 is 65.8. The summed E-state index contributed by atoms with van der Waals surface area (Å²) >= 11 is 0. The maximum absolute atomic E-state index is 14.6. The molecular formula is C54H84O23. The second kappa shape index (κ2) is 22.1. The Labute approximate surface area is 448 Å². The Bertz CT molecular complexity index is 2180. The Morgan fingerprint density at radius 1 is 0.727 bits per heavy atom. The summed E-state index contributed by atoms with van der Waals surface area (Å²) in [6.45, 7) is 13.7. The number of fused-ring (bicyclic) bond motifs is 4. The highest BCUT2D eigenvalue weighted by molar-refractivity contribution is 5.84. The molecule has 5 heterocycles. The normalized spacial score (nSPS) is 51.3. The van der Waals surface area contributed by atoms with Crippen molar-refractivity contribution in [1.82, 2.24) is 0 Å². The van der Waals surface area contributed by atoms with Crippen molar-refractivity contribution in [3.63, 3.8) is 0 Å². The monoisotopic (exact) mass is 1100 g/mol. The summed E-state index contributed by atoms with van der Waals surface area (Å²) in [5, 5.41) is 99.1. The minimum absolute atomic E-state index is 0.0533. The molecule has 8 fully saturated rings. The van der Waals surface area contributed by atoms with Crippen molar-refractivity contribution in [3.05, 3.63) is 11.6 Å². The van der Waals surface area contributed by atoms with Gasteiger partial charge < -0.3 is 103 Å². The molecule has 0 radical (unpaired) electrons. The number of carbonyl (C=O) groups excluding carboxylic acids is 3. The number of rotatable bonds is 15. The summed E-state index contributed by atoms with van der Waals surface area (Å²) in [5.74, 6) is -0.890. The molecule has 0 bridgehead atoms. The van der Waals surface area contributed by atoms with Crippen LogP contribution in [0.5, 0.6) is 0 Å². The van der Waals surface area contributed by atoms with Gasteiger partial charge in [0.05, 0.1) is 43.4 Å². The Kier molecular flexibility index (Phi) is 17.0. The van der Waals surface area contributed by atoms with Crippen LogP contribution < -0.4 is 0 Å². The van der Waals surface area contributed by atoms with Gasteiger partial charge in [0.15, 0.2) is 25.2 Å². The number of Topliss-reactive ketones (excluding diaryl/α,β-unsaturated/α-hetero) is 1. The number of ether oxygens (including phenoxy) is 11. The van der Waals surface area contributed by atoms with Crippen LogP contribution in [0.15, 0.2) is 11.6 Å². The van der Waals surface area contributed by atoms with E-state index in [-0.39, 0.29) is 42.2 Å². The molecule has 3 saturated carbocycles. The van der Waals surface area contributed by atoms with Gasteiger partial charge in [0.2, 0.25) is 0 Å². The first-order valence-electron chi connectivity index (χ1n) is 27.5.